The molecule has 4 aromatic rings. The normalized spacial score (nSPS) is 10.9. The summed E-state index contributed by atoms with van der Waals surface area (Å²) in [5.74, 6) is -0.793. The summed E-state index contributed by atoms with van der Waals surface area (Å²) in [5.41, 5.74) is 1.75. The highest BCUT2D eigenvalue weighted by Crippen LogP contribution is 2.33. The fourth-order valence-electron chi connectivity index (χ4n) is 3.14. The predicted molar refractivity (Wildman–Crippen MR) is 108 cm³/mol. The van der Waals surface area contributed by atoms with Crippen molar-refractivity contribution in [3.05, 3.63) is 74.3 Å². The van der Waals surface area contributed by atoms with Crippen molar-refractivity contribution in [3.8, 4) is 11.6 Å². The first-order valence-corrected chi connectivity index (χ1v) is 8.96. The Labute approximate surface area is 169 Å². The molecular formula is C20H17N5O5. The van der Waals surface area contributed by atoms with E-state index in [2.05, 4.69) is 25.1 Å². The van der Waals surface area contributed by atoms with E-state index in [0.29, 0.717) is 28.1 Å². The van der Waals surface area contributed by atoms with Crippen LogP contribution in [0.2, 0.25) is 0 Å². The SMILES string of the molecule is Cc1cc(NC(=O)c2noc(=O)[nH]2)cc(C)c1Oc1nn(C)c(=O)c2ccccc12. The van der Waals surface area contributed by atoms with E-state index in [1.165, 1.54) is 4.68 Å². The maximum Gasteiger partial charge on any atom is 0.439 e. The first-order valence-electron chi connectivity index (χ1n) is 8.96. The maximum absolute atomic E-state index is 12.3. The third-order valence-electron chi connectivity index (χ3n) is 4.49. The number of rotatable bonds is 4. The summed E-state index contributed by atoms with van der Waals surface area (Å²) in [6.45, 7) is 3.64. The predicted octanol–water partition coefficient (Wildman–Crippen LogP) is 2.27. The standard InChI is InChI=1S/C20H17N5O5/c1-10-8-12(21-17(26)16-22-20(28)30-24-16)9-11(2)15(10)29-18-13-6-4-5-7-14(13)19(27)25(3)23-18/h4-9H,1-3H3,(H,21,26)(H,22,24,28). The zero-order chi connectivity index (χ0) is 21.4. The average molecular weight is 407 g/mol. The van der Waals surface area contributed by atoms with Gasteiger partial charge in [0.15, 0.2) is 0 Å². The van der Waals surface area contributed by atoms with Crippen molar-refractivity contribution < 1.29 is 14.1 Å². The second-order valence-corrected chi connectivity index (χ2v) is 6.72. The molecule has 0 fully saturated rings. The highest BCUT2D eigenvalue weighted by Gasteiger charge is 2.16. The van der Waals surface area contributed by atoms with Crippen molar-refractivity contribution in [2.75, 3.05) is 5.32 Å². The van der Waals surface area contributed by atoms with Crippen molar-refractivity contribution >= 4 is 22.4 Å². The van der Waals surface area contributed by atoms with Gasteiger partial charge in [0, 0.05) is 12.7 Å². The van der Waals surface area contributed by atoms with Gasteiger partial charge in [-0.3, -0.25) is 19.1 Å². The van der Waals surface area contributed by atoms with Crippen LogP contribution in [0.5, 0.6) is 11.6 Å². The molecule has 0 bridgehead atoms. The minimum Gasteiger partial charge on any atom is -0.437 e. The van der Waals surface area contributed by atoms with Crippen molar-refractivity contribution in [3.63, 3.8) is 0 Å². The fraction of sp³-hybridized carbons (Fsp3) is 0.150. The number of hydrogen-bond donors (Lipinski definition) is 2. The molecular weight excluding hydrogens is 390 g/mol. The number of ether oxygens (including phenoxy) is 1. The second-order valence-electron chi connectivity index (χ2n) is 6.72. The summed E-state index contributed by atoms with van der Waals surface area (Å²) >= 11 is 0. The van der Waals surface area contributed by atoms with Gasteiger partial charge in [-0.25, -0.2) is 9.48 Å². The minimum atomic E-state index is -0.812. The number of aromatic amines is 1. The molecule has 10 nitrogen and oxygen atoms in total. The lowest BCUT2D eigenvalue weighted by molar-refractivity contribution is 0.101. The molecule has 152 valence electrons. The molecule has 2 aromatic carbocycles. The molecule has 10 heteroatoms. The number of nitrogens with zero attached hydrogens (tertiary/aromatic N) is 3. The quantitative estimate of drug-likeness (QED) is 0.530. The summed E-state index contributed by atoms with van der Waals surface area (Å²) in [6, 6.07) is 10.5. The first kappa shape index (κ1) is 19.1. The topological polar surface area (TPSA) is 132 Å². The van der Waals surface area contributed by atoms with Gasteiger partial charge in [0.25, 0.3) is 11.5 Å². The zero-order valence-electron chi connectivity index (χ0n) is 16.3. The number of amides is 1. The van der Waals surface area contributed by atoms with Crippen LogP contribution in [0.4, 0.5) is 5.69 Å². The van der Waals surface area contributed by atoms with E-state index in [1.807, 2.05) is 19.9 Å². The third kappa shape index (κ3) is 3.46. The molecule has 2 aromatic heterocycles. The van der Waals surface area contributed by atoms with Gasteiger partial charge in [0.2, 0.25) is 11.7 Å². The Morgan fingerprint density at radius 3 is 2.43 bits per heavy atom. The number of hydrogen-bond acceptors (Lipinski definition) is 7. The monoisotopic (exact) mass is 407 g/mol. The molecule has 0 atom stereocenters. The number of carbonyl (C=O) groups is 1. The Morgan fingerprint density at radius 2 is 1.80 bits per heavy atom. The molecule has 0 aliphatic rings. The van der Waals surface area contributed by atoms with Crippen LogP contribution in [0.25, 0.3) is 10.8 Å². The molecule has 4 rings (SSSR count). The molecule has 30 heavy (non-hydrogen) atoms. The summed E-state index contributed by atoms with van der Waals surface area (Å²) in [7, 11) is 1.56. The Balaban J connectivity index is 1.67. The molecule has 0 saturated heterocycles. The number of aryl methyl sites for hydroxylation is 3. The largest absolute Gasteiger partial charge is 0.439 e. The highest BCUT2D eigenvalue weighted by molar-refractivity contribution is 6.01. The molecule has 0 radical (unpaired) electrons. The average Bonchev–Trinajstić information content (AvgIpc) is 3.15. The number of benzene rings is 2. The zero-order valence-corrected chi connectivity index (χ0v) is 16.3. The number of carbonyl (C=O) groups excluding carboxylic acids is 1. The van der Waals surface area contributed by atoms with Gasteiger partial charge in [-0.1, -0.05) is 12.1 Å². The molecule has 0 aliphatic heterocycles. The van der Waals surface area contributed by atoms with Crippen LogP contribution in [0.3, 0.4) is 0 Å². The lowest BCUT2D eigenvalue weighted by atomic mass is 10.1. The number of aromatic nitrogens is 4. The highest BCUT2D eigenvalue weighted by atomic mass is 16.5. The number of H-pyrrole nitrogens is 1. The first-order chi connectivity index (χ1) is 14.3. The summed E-state index contributed by atoms with van der Waals surface area (Å²) in [6.07, 6.45) is 0. The number of nitrogens with one attached hydrogen (secondary N) is 2. The van der Waals surface area contributed by atoms with Gasteiger partial charge in [-0.15, -0.1) is 5.10 Å². The van der Waals surface area contributed by atoms with Gasteiger partial charge >= 0.3 is 5.76 Å². The molecule has 0 unspecified atom stereocenters. The number of fused-ring (bicyclic) bond motifs is 1. The molecule has 2 heterocycles. The minimum absolute atomic E-state index is 0.213. The Bertz CT molecular complexity index is 1380. The van der Waals surface area contributed by atoms with Crippen molar-refractivity contribution in [1.29, 1.82) is 0 Å². The van der Waals surface area contributed by atoms with E-state index in [4.69, 9.17) is 4.74 Å². The van der Waals surface area contributed by atoms with E-state index < -0.39 is 11.7 Å². The van der Waals surface area contributed by atoms with E-state index >= 15 is 0 Å². The van der Waals surface area contributed by atoms with Crippen LogP contribution in [0, 0.1) is 13.8 Å². The molecule has 0 saturated carbocycles. The molecule has 1 amide bonds. The third-order valence-corrected chi connectivity index (χ3v) is 4.49. The van der Waals surface area contributed by atoms with E-state index in [9.17, 15) is 14.4 Å². The smallest absolute Gasteiger partial charge is 0.437 e. The van der Waals surface area contributed by atoms with Gasteiger partial charge in [0.1, 0.15) is 5.75 Å². The van der Waals surface area contributed by atoms with Gasteiger partial charge in [-0.2, -0.15) is 0 Å². The molecule has 2 N–H and O–H groups in total. The lowest BCUT2D eigenvalue weighted by Crippen LogP contribution is -2.20. The van der Waals surface area contributed by atoms with Crippen LogP contribution < -0.4 is 21.4 Å². The van der Waals surface area contributed by atoms with Crippen LogP contribution >= 0.6 is 0 Å². The van der Waals surface area contributed by atoms with Gasteiger partial charge < -0.3 is 10.1 Å². The fourth-order valence-corrected chi connectivity index (χ4v) is 3.14. The van der Waals surface area contributed by atoms with E-state index in [1.54, 1.807) is 37.4 Å². The van der Waals surface area contributed by atoms with Crippen LogP contribution in [-0.2, 0) is 7.05 Å². The van der Waals surface area contributed by atoms with Crippen LogP contribution in [-0.4, -0.2) is 25.8 Å². The van der Waals surface area contributed by atoms with Crippen molar-refractivity contribution in [2.45, 2.75) is 13.8 Å². The Hall–Kier alpha value is -4.21. The van der Waals surface area contributed by atoms with E-state index in [-0.39, 0.29) is 11.4 Å². The Morgan fingerprint density at radius 1 is 1.13 bits per heavy atom. The van der Waals surface area contributed by atoms with Gasteiger partial charge in [-0.05, 0) is 54.4 Å². The molecule has 0 spiro atoms. The maximum atomic E-state index is 12.3. The number of anilines is 1. The lowest BCUT2D eigenvalue weighted by Gasteiger charge is -2.15. The van der Waals surface area contributed by atoms with Crippen LogP contribution in [0.1, 0.15) is 21.7 Å². The van der Waals surface area contributed by atoms with Crippen LogP contribution in [0.15, 0.2) is 50.5 Å². The van der Waals surface area contributed by atoms with Crippen molar-refractivity contribution in [2.24, 2.45) is 7.05 Å². The summed E-state index contributed by atoms with van der Waals surface area (Å²) < 4.78 is 11.6. The molecule has 0 aliphatic carbocycles. The van der Waals surface area contributed by atoms with Gasteiger partial charge in [0.05, 0.1) is 10.8 Å². The summed E-state index contributed by atoms with van der Waals surface area (Å²) in [4.78, 5) is 37.7. The van der Waals surface area contributed by atoms with E-state index in [0.717, 1.165) is 11.1 Å². The second kappa shape index (κ2) is 7.32. The Kier molecular flexibility index (Phi) is 4.66. The summed E-state index contributed by atoms with van der Waals surface area (Å²) in [5, 5.41) is 11.4. The van der Waals surface area contributed by atoms with Crippen molar-refractivity contribution in [1.82, 2.24) is 19.9 Å².